The predicted octanol–water partition coefficient (Wildman–Crippen LogP) is 1.08. The summed E-state index contributed by atoms with van der Waals surface area (Å²) in [5, 5.41) is 16.9. The number of rotatable bonds is 3. The van der Waals surface area contributed by atoms with E-state index in [9.17, 15) is 9.90 Å². The Hall–Kier alpha value is -1.40. The van der Waals surface area contributed by atoms with Gasteiger partial charge in [-0.15, -0.1) is 0 Å². The van der Waals surface area contributed by atoms with E-state index in [0.29, 0.717) is 17.5 Å². The van der Waals surface area contributed by atoms with E-state index < -0.39 is 5.97 Å². The van der Waals surface area contributed by atoms with Crippen molar-refractivity contribution in [2.24, 2.45) is 12.5 Å². The zero-order valence-corrected chi connectivity index (χ0v) is 12.6. The van der Waals surface area contributed by atoms with Gasteiger partial charge in [-0.3, -0.25) is 9.58 Å². The molecule has 1 spiro atoms. The van der Waals surface area contributed by atoms with Crippen LogP contribution >= 0.6 is 0 Å². The zero-order valence-electron chi connectivity index (χ0n) is 12.6. The van der Waals surface area contributed by atoms with Gasteiger partial charge in [0.2, 0.25) is 0 Å². The molecule has 1 aromatic rings. The Kier molecular flexibility index (Phi) is 3.99. The number of hydrogen-bond donors (Lipinski definition) is 2. The second kappa shape index (κ2) is 5.77. The Balaban J connectivity index is 1.73. The van der Waals surface area contributed by atoms with Gasteiger partial charge >= 0.3 is 5.97 Å². The summed E-state index contributed by atoms with van der Waals surface area (Å²) in [5.74, 6) is -0.885. The fraction of sp³-hybridized carbons (Fsp3) is 0.733. The number of carboxylic acid groups (broad SMARTS) is 1. The van der Waals surface area contributed by atoms with E-state index in [4.69, 9.17) is 0 Å². The second-order valence-corrected chi connectivity index (χ2v) is 6.53. The molecule has 2 fully saturated rings. The van der Waals surface area contributed by atoms with Crippen molar-refractivity contribution in [3.8, 4) is 0 Å². The summed E-state index contributed by atoms with van der Waals surface area (Å²) in [6.07, 6.45) is 6.47. The summed E-state index contributed by atoms with van der Waals surface area (Å²) >= 11 is 0. The third-order valence-electron chi connectivity index (χ3n) is 4.97. The molecule has 0 aliphatic carbocycles. The highest BCUT2D eigenvalue weighted by molar-refractivity contribution is 5.88. The van der Waals surface area contributed by atoms with Crippen molar-refractivity contribution in [3.05, 3.63) is 17.5 Å². The number of aromatic carboxylic acids is 1. The molecule has 3 rings (SSSR count). The lowest BCUT2D eigenvalue weighted by Crippen LogP contribution is -2.50. The van der Waals surface area contributed by atoms with Crippen molar-refractivity contribution < 1.29 is 9.90 Å². The smallest absolute Gasteiger partial charge is 0.339 e. The average Bonchev–Trinajstić information content (AvgIpc) is 2.81. The van der Waals surface area contributed by atoms with Crippen molar-refractivity contribution in [2.75, 3.05) is 26.2 Å². The maximum Gasteiger partial charge on any atom is 0.339 e. The quantitative estimate of drug-likeness (QED) is 0.872. The SMILES string of the molecule is Cn1ncc(C(=O)O)c1CN1CCCC2(CCCNC2)C1. The van der Waals surface area contributed by atoms with Crippen LogP contribution < -0.4 is 5.32 Å². The first-order valence-electron chi connectivity index (χ1n) is 7.77. The Labute approximate surface area is 125 Å². The molecule has 1 unspecified atom stereocenters. The van der Waals surface area contributed by atoms with Crippen LogP contribution in [-0.4, -0.2) is 51.9 Å². The minimum absolute atomic E-state index is 0.332. The summed E-state index contributed by atoms with van der Waals surface area (Å²) in [5.41, 5.74) is 1.53. The first-order chi connectivity index (χ1) is 10.1. The molecular weight excluding hydrogens is 268 g/mol. The van der Waals surface area contributed by atoms with Crippen LogP contribution in [0, 0.1) is 5.41 Å². The van der Waals surface area contributed by atoms with Gasteiger partial charge in [0.05, 0.1) is 11.9 Å². The van der Waals surface area contributed by atoms with Crippen LogP contribution in [-0.2, 0) is 13.6 Å². The van der Waals surface area contributed by atoms with Gasteiger partial charge in [0.25, 0.3) is 0 Å². The molecule has 1 aromatic heterocycles. The molecule has 2 saturated heterocycles. The van der Waals surface area contributed by atoms with E-state index in [0.717, 1.165) is 31.9 Å². The van der Waals surface area contributed by atoms with Crippen LogP contribution in [0.1, 0.15) is 41.7 Å². The highest BCUT2D eigenvalue weighted by Gasteiger charge is 2.36. The topological polar surface area (TPSA) is 70.4 Å². The Morgan fingerprint density at radius 2 is 2.29 bits per heavy atom. The Bertz CT molecular complexity index is 514. The molecule has 6 nitrogen and oxygen atoms in total. The van der Waals surface area contributed by atoms with Crippen LogP contribution in [0.25, 0.3) is 0 Å². The number of carbonyl (C=O) groups is 1. The first kappa shape index (κ1) is 14.5. The molecule has 0 aromatic carbocycles. The largest absolute Gasteiger partial charge is 0.478 e. The fourth-order valence-electron chi connectivity index (χ4n) is 3.86. The average molecular weight is 292 g/mol. The molecule has 2 aliphatic rings. The van der Waals surface area contributed by atoms with Crippen molar-refractivity contribution >= 4 is 5.97 Å². The molecule has 1 atom stereocenters. The maximum atomic E-state index is 11.3. The number of hydrogen-bond acceptors (Lipinski definition) is 4. The summed E-state index contributed by atoms with van der Waals surface area (Å²) in [6, 6.07) is 0. The third kappa shape index (κ3) is 2.96. The molecule has 3 heterocycles. The van der Waals surface area contributed by atoms with Gasteiger partial charge in [-0.1, -0.05) is 0 Å². The summed E-state index contributed by atoms with van der Waals surface area (Å²) < 4.78 is 1.70. The number of piperidine rings is 2. The minimum Gasteiger partial charge on any atom is -0.478 e. The maximum absolute atomic E-state index is 11.3. The predicted molar refractivity (Wildman–Crippen MR) is 79.2 cm³/mol. The minimum atomic E-state index is -0.885. The van der Waals surface area contributed by atoms with E-state index >= 15 is 0 Å². The van der Waals surface area contributed by atoms with Gasteiger partial charge < -0.3 is 10.4 Å². The second-order valence-electron chi connectivity index (χ2n) is 6.53. The van der Waals surface area contributed by atoms with Crippen LogP contribution in [0.5, 0.6) is 0 Å². The molecule has 2 N–H and O–H groups in total. The van der Waals surface area contributed by atoms with E-state index in [1.807, 2.05) is 7.05 Å². The third-order valence-corrected chi connectivity index (χ3v) is 4.97. The van der Waals surface area contributed by atoms with E-state index in [1.54, 1.807) is 4.68 Å². The summed E-state index contributed by atoms with van der Waals surface area (Å²) in [4.78, 5) is 13.7. The molecule has 0 saturated carbocycles. The number of aromatic nitrogens is 2. The summed E-state index contributed by atoms with van der Waals surface area (Å²) in [6.45, 7) is 5.02. The highest BCUT2D eigenvalue weighted by atomic mass is 16.4. The first-order valence-corrected chi connectivity index (χ1v) is 7.77. The van der Waals surface area contributed by atoms with E-state index in [1.165, 1.54) is 31.9 Å². The fourth-order valence-corrected chi connectivity index (χ4v) is 3.86. The Morgan fingerprint density at radius 1 is 1.48 bits per heavy atom. The molecule has 0 bridgehead atoms. The van der Waals surface area contributed by atoms with Crippen LogP contribution in [0.2, 0.25) is 0 Å². The lowest BCUT2D eigenvalue weighted by Gasteiger charge is -2.45. The molecule has 0 amide bonds. The number of carboxylic acids is 1. The number of nitrogens with one attached hydrogen (secondary N) is 1. The van der Waals surface area contributed by atoms with Gasteiger partial charge in [0, 0.05) is 26.7 Å². The van der Waals surface area contributed by atoms with E-state index in [2.05, 4.69) is 15.3 Å². The number of nitrogens with zero attached hydrogens (tertiary/aromatic N) is 3. The summed E-state index contributed by atoms with van der Waals surface area (Å²) in [7, 11) is 1.82. The lowest BCUT2D eigenvalue weighted by atomic mass is 9.74. The molecule has 2 aliphatic heterocycles. The van der Waals surface area contributed by atoms with Crippen molar-refractivity contribution in [2.45, 2.75) is 32.2 Å². The molecule has 0 radical (unpaired) electrons. The van der Waals surface area contributed by atoms with Crippen LogP contribution in [0.4, 0.5) is 0 Å². The molecule has 116 valence electrons. The molecular formula is C15H24N4O2. The van der Waals surface area contributed by atoms with Gasteiger partial charge in [-0.25, -0.2) is 4.79 Å². The zero-order chi connectivity index (χ0) is 14.9. The van der Waals surface area contributed by atoms with E-state index in [-0.39, 0.29) is 0 Å². The van der Waals surface area contributed by atoms with Crippen LogP contribution in [0.15, 0.2) is 6.20 Å². The standard InChI is InChI=1S/C15H24N4O2/c1-18-13(12(8-17-18)14(20)21)9-19-7-3-5-15(11-19)4-2-6-16-10-15/h8,16H,2-7,9-11H2,1H3,(H,20,21). The molecule has 6 heteroatoms. The number of likely N-dealkylation sites (tertiary alicyclic amines) is 1. The monoisotopic (exact) mass is 292 g/mol. The van der Waals surface area contributed by atoms with Crippen molar-refractivity contribution in [1.82, 2.24) is 20.0 Å². The van der Waals surface area contributed by atoms with Gasteiger partial charge in [0.1, 0.15) is 5.56 Å². The van der Waals surface area contributed by atoms with Gasteiger partial charge in [-0.2, -0.15) is 5.10 Å². The normalized spacial score (nSPS) is 27.1. The van der Waals surface area contributed by atoms with Gasteiger partial charge in [-0.05, 0) is 44.2 Å². The highest BCUT2D eigenvalue weighted by Crippen LogP contribution is 2.36. The molecule has 21 heavy (non-hydrogen) atoms. The lowest BCUT2D eigenvalue weighted by molar-refractivity contribution is 0.0575. The van der Waals surface area contributed by atoms with Crippen LogP contribution in [0.3, 0.4) is 0 Å². The van der Waals surface area contributed by atoms with Gasteiger partial charge in [0.15, 0.2) is 0 Å². The van der Waals surface area contributed by atoms with Crippen molar-refractivity contribution in [3.63, 3.8) is 0 Å². The number of aryl methyl sites for hydroxylation is 1. The van der Waals surface area contributed by atoms with Crippen molar-refractivity contribution in [1.29, 1.82) is 0 Å². The Morgan fingerprint density at radius 3 is 3.00 bits per heavy atom.